The van der Waals surface area contributed by atoms with Gasteiger partial charge in [0.05, 0.1) is 8.07 Å². The predicted octanol–water partition coefficient (Wildman–Crippen LogP) is 6.58. The summed E-state index contributed by atoms with van der Waals surface area (Å²) < 4.78 is 6.42. The number of amides is 1. The second-order valence-electron chi connectivity index (χ2n) is 8.38. The molecule has 1 aromatic rings. The van der Waals surface area contributed by atoms with Crippen LogP contribution in [0.2, 0.25) is 19.6 Å². The van der Waals surface area contributed by atoms with Crippen LogP contribution in [0.25, 0.3) is 0 Å². The number of alkyl carbamates (subject to hydrolysis) is 1. The first-order valence-corrected chi connectivity index (χ1v) is 14.0. The predicted molar refractivity (Wildman–Crippen MR) is 124 cm³/mol. The van der Waals surface area contributed by atoms with Crippen LogP contribution < -0.4 is 5.32 Å². The third kappa shape index (κ3) is 16.6. The largest absolute Gasteiger partial charge is 0.444 e. The molecule has 0 unspecified atom stereocenters. The Morgan fingerprint density at radius 3 is 2.23 bits per heavy atom. The minimum Gasteiger partial charge on any atom is -0.444 e. The van der Waals surface area contributed by atoms with Crippen LogP contribution in [0.3, 0.4) is 0 Å². The third-order valence-corrected chi connectivity index (χ3v) is 5.07. The molecule has 0 aliphatic rings. The fourth-order valence-electron chi connectivity index (χ4n) is 1.90. The Kier molecular flexibility index (Phi) is 12.1. The summed E-state index contributed by atoms with van der Waals surface area (Å²) in [5.41, 5.74) is 3.24. The molecule has 5 heteroatoms. The number of carbonyl (C=O) groups is 1. The van der Waals surface area contributed by atoms with Crippen LogP contribution >= 0.6 is 22.6 Å². The molecule has 0 fully saturated rings. The summed E-state index contributed by atoms with van der Waals surface area (Å²) in [4.78, 5) is 11.2. The average molecular weight is 490 g/mol. The van der Waals surface area contributed by atoms with Gasteiger partial charge in [-0.05, 0) is 73.9 Å². The van der Waals surface area contributed by atoms with Gasteiger partial charge >= 0.3 is 6.09 Å². The minimum atomic E-state index is -1.15. The van der Waals surface area contributed by atoms with Crippen LogP contribution in [0, 0.1) is 3.57 Å². The first-order valence-electron chi connectivity index (χ1n) is 9.32. The van der Waals surface area contributed by atoms with E-state index in [1.807, 2.05) is 26.8 Å². The lowest BCUT2D eigenvalue weighted by atomic mass is 10.1. The van der Waals surface area contributed by atoms with E-state index in [4.69, 9.17) is 4.74 Å². The highest BCUT2D eigenvalue weighted by Crippen LogP contribution is 2.09. The highest BCUT2D eigenvalue weighted by atomic mass is 127. The number of nitrogens with one attached hydrogen (secondary N) is 1. The Morgan fingerprint density at radius 1 is 1.19 bits per heavy atom. The topological polar surface area (TPSA) is 38.3 Å². The Morgan fingerprint density at radius 2 is 1.77 bits per heavy atom. The number of carbonyl (C=O) groups excluding carboxylic acids is 1. The van der Waals surface area contributed by atoms with Crippen molar-refractivity contribution in [3.63, 3.8) is 0 Å². The van der Waals surface area contributed by atoms with Crippen molar-refractivity contribution < 1.29 is 9.53 Å². The standard InChI is InChI=1S/C11H23NO2Si.C10H13I/c1-11(2,3)14-10(13)12-8-7-9-15(4,5)6;1-2-3-4-9-5-7-10(11)8-6-9/h7,9H,8H2,1-6H3,(H,12,13);5-8H,2-4H2,1H3/b9-7+;. The number of ether oxygens (including phenoxy) is 1. The maximum atomic E-state index is 11.2. The van der Waals surface area contributed by atoms with E-state index in [2.05, 4.69) is 84.4 Å². The summed E-state index contributed by atoms with van der Waals surface area (Å²) in [6, 6.07) is 8.78. The highest BCUT2D eigenvalue weighted by molar-refractivity contribution is 14.1. The van der Waals surface area contributed by atoms with Gasteiger partial charge < -0.3 is 10.1 Å². The summed E-state index contributed by atoms with van der Waals surface area (Å²) in [5.74, 6) is 0. The number of rotatable bonds is 6. The number of aryl methyl sites for hydroxylation is 1. The monoisotopic (exact) mass is 489 g/mol. The lowest BCUT2D eigenvalue weighted by Crippen LogP contribution is -2.32. The van der Waals surface area contributed by atoms with Crippen LogP contribution in [0.5, 0.6) is 0 Å². The van der Waals surface area contributed by atoms with E-state index in [1.165, 1.54) is 28.4 Å². The minimum absolute atomic E-state index is 0.359. The third-order valence-electron chi connectivity index (χ3n) is 3.11. The molecule has 0 saturated carbocycles. The number of unbranched alkanes of at least 4 members (excludes halogenated alkanes) is 1. The summed E-state index contributed by atoms with van der Waals surface area (Å²) in [7, 11) is -1.15. The van der Waals surface area contributed by atoms with Gasteiger partial charge in [0.25, 0.3) is 0 Å². The van der Waals surface area contributed by atoms with E-state index in [1.54, 1.807) is 0 Å². The van der Waals surface area contributed by atoms with E-state index in [0.717, 1.165) is 0 Å². The highest BCUT2D eigenvalue weighted by Gasteiger charge is 2.15. The molecule has 1 aromatic carbocycles. The molecule has 0 saturated heterocycles. The molecule has 0 radical (unpaired) electrons. The first-order chi connectivity index (χ1) is 11.9. The van der Waals surface area contributed by atoms with Crippen LogP contribution in [0.1, 0.15) is 46.1 Å². The van der Waals surface area contributed by atoms with Crippen LogP contribution in [0.15, 0.2) is 36.0 Å². The fourth-order valence-corrected chi connectivity index (χ4v) is 3.09. The van der Waals surface area contributed by atoms with Crippen molar-refractivity contribution in [2.75, 3.05) is 6.54 Å². The van der Waals surface area contributed by atoms with Crippen molar-refractivity contribution >= 4 is 36.8 Å². The van der Waals surface area contributed by atoms with Crippen LogP contribution in [0.4, 0.5) is 4.79 Å². The van der Waals surface area contributed by atoms with Gasteiger partial charge in [-0.2, -0.15) is 0 Å². The molecule has 148 valence electrons. The van der Waals surface area contributed by atoms with Gasteiger partial charge in [0.15, 0.2) is 0 Å². The summed E-state index contributed by atoms with van der Waals surface area (Å²) in [6.07, 6.45) is 5.46. The van der Waals surface area contributed by atoms with Crippen molar-refractivity contribution in [3.8, 4) is 0 Å². The zero-order valence-electron chi connectivity index (χ0n) is 17.5. The SMILES string of the molecule is CC(C)(C)OC(=O)NC/C=C/[Si](C)(C)C.CCCCc1ccc(I)cc1. The van der Waals surface area contributed by atoms with Crippen LogP contribution in [-0.2, 0) is 11.2 Å². The van der Waals surface area contributed by atoms with E-state index in [9.17, 15) is 4.79 Å². The van der Waals surface area contributed by atoms with E-state index >= 15 is 0 Å². The maximum absolute atomic E-state index is 11.2. The van der Waals surface area contributed by atoms with Crippen molar-refractivity contribution in [3.05, 3.63) is 45.2 Å². The number of hydrogen-bond acceptors (Lipinski definition) is 2. The lowest BCUT2D eigenvalue weighted by Gasteiger charge is -2.19. The molecule has 0 aliphatic carbocycles. The number of benzene rings is 1. The molecule has 0 heterocycles. The zero-order valence-corrected chi connectivity index (χ0v) is 20.6. The zero-order chi connectivity index (χ0) is 20.2. The molecule has 26 heavy (non-hydrogen) atoms. The van der Waals surface area contributed by atoms with Crippen molar-refractivity contribution in [1.29, 1.82) is 0 Å². The smallest absolute Gasteiger partial charge is 0.407 e. The quantitative estimate of drug-likeness (QED) is 0.362. The molecule has 0 aliphatic heterocycles. The molecule has 0 spiro atoms. The molecule has 1 N–H and O–H groups in total. The molecule has 1 rings (SSSR count). The summed E-state index contributed by atoms with van der Waals surface area (Å²) in [5, 5.41) is 2.69. The molecular weight excluding hydrogens is 453 g/mol. The van der Waals surface area contributed by atoms with Crippen molar-refractivity contribution in [2.24, 2.45) is 0 Å². The summed E-state index contributed by atoms with van der Waals surface area (Å²) in [6.45, 7) is 15.1. The molecule has 0 aromatic heterocycles. The molecular formula is C21H36INO2Si. The molecule has 3 nitrogen and oxygen atoms in total. The van der Waals surface area contributed by atoms with E-state index in [-0.39, 0.29) is 6.09 Å². The van der Waals surface area contributed by atoms with Gasteiger partial charge in [0.2, 0.25) is 0 Å². The Bertz CT molecular complexity index is 543. The fraction of sp³-hybridized carbons (Fsp3) is 0.571. The van der Waals surface area contributed by atoms with Gasteiger partial charge in [-0.1, -0.05) is 56.9 Å². The average Bonchev–Trinajstić information content (AvgIpc) is 2.49. The summed E-state index contributed by atoms with van der Waals surface area (Å²) >= 11 is 2.33. The van der Waals surface area contributed by atoms with Gasteiger partial charge in [0.1, 0.15) is 5.60 Å². The van der Waals surface area contributed by atoms with E-state index < -0.39 is 13.7 Å². The van der Waals surface area contributed by atoms with Crippen molar-refractivity contribution in [2.45, 2.75) is 72.2 Å². The maximum Gasteiger partial charge on any atom is 0.407 e. The van der Waals surface area contributed by atoms with Gasteiger partial charge in [-0.25, -0.2) is 4.79 Å². The lowest BCUT2D eigenvalue weighted by molar-refractivity contribution is 0.0534. The van der Waals surface area contributed by atoms with Gasteiger partial charge in [0, 0.05) is 10.1 Å². The van der Waals surface area contributed by atoms with Gasteiger partial charge in [-0.3, -0.25) is 0 Å². The molecule has 0 bridgehead atoms. The van der Waals surface area contributed by atoms with E-state index in [0.29, 0.717) is 6.54 Å². The Labute approximate surface area is 175 Å². The second-order valence-corrected chi connectivity index (χ2v) is 14.7. The normalized spacial score (nSPS) is 11.7. The van der Waals surface area contributed by atoms with Crippen LogP contribution in [-0.4, -0.2) is 26.3 Å². The molecule has 1 amide bonds. The first kappa shape index (κ1) is 25.2. The Balaban J connectivity index is 0.000000502. The van der Waals surface area contributed by atoms with Gasteiger partial charge in [-0.15, -0.1) is 0 Å². The Hall–Kier alpha value is -0.823. The number of hydrogen-bond donors (Lipinski definition) is 1. The van der Waals surface area contributed by atoms with Crippen molar-refractivity contribution in [1.82, 2.24) is 5.32 Å². The second kappa shape index (κ2) is 12.5. The molecule has 0 atom stereocenters. The number of halogens is 1.